The summed E-state index contributed by atoms with van der Waals surface area (Å²) in [6.45, 7) is -2.67. The number of alkyl halides is 16. The van der Waals surface area contributed by atoms with Gasteiger partial charge in [-0.05, 0) is 0 Å². The minimum Gasteiger partial charge on any atom is -0.450 e. The minimum atomic E-state index is -8.78. The van der Waals surface area contributed by atoms with Gasteiger partial charge >= 0.3 is 59.0 Å². The minimum absolute atomic E-state index is 0.0452. The number of nitrogens with one attached hydrogen (secondary N) is 1. The quantitative estimate of drug-likeness (QED) is 0.241. The molecule has 0 spiro atoms. The summed E-state index contributed by atoms with van der Waals surface area (Å²) in [5.74, 6) is -68.7. The number of aliphatic hydroxyl groups excluding tert-OH is 2. The molecule has 1 aliphatic heterocycles. The van der Waals surface area contributed by atoms with Crippen LogP contribution in [-0.4, -0.2) is 98.0 Å². The summed E-state index contributed by atoms with van der Waals surface area (Å²) >= 11 is 0. The Labute approximate surface area is 229 Å². The normalized spacial score (nSPS) is 23.2. The van der Waals surface area contributed by atoms with E-state index in [2.05, 4.69) is 4.74 Å². The van der Waals surface area contributed by atoms with Gasteiger partial charge in [0.05, 0.1) is 6.61 Å². The van der Waals surface area contributed by atoms with Crippen LogP contribution in [0.2, 0.25) is 0 Å². The molecule has 0 aromatic carbocycles. The van der Waals surface area contributed by atoms with Gasteiger partial charge < -0.3 is 19.7 Å². The summed E-state index contributed by atoms with van der Waals surface area (Å²) < 4.78 is 228. The third-order valence-corrected chi connectivity index (χ3v) is 6.03. The Hall–Kier alpha value is -3.09. The average Bonchev–Trinajstić information content (AvgIpc) is 3.17. The largest absolute Gasteiger partial charge is 0.450 e. The Morgan fingerprint density at radius 1 is 0.841 bits per heavy atom. The van der Waals surface area contributed by atoms with Crippen LogP contribution in [0.1, 0.15) is 13.2 Å². The third-order valence-electron chi connectivity index (χ3n) is 6.03. The molecule has 1 aromatic heterocycles. The third kappa shape index (κ3) is 5.08. The predicted octanol–water partition coefficient (Wildman–Crippen LogP) is 2.80. The van der Waals surface area contributed by atoms with Crippen molar-refractivity contribution >= 4 is 5.97 Å². The Bertz CT molecular complexity index is 1360. The van der Waals surface area contributed by atoms with Gasteiger partial charge in [0, 0.05) is 19.2 Å². The number of aromatic nitrogens is 2. The smallest absolute Gasteiger partial charge is 0.410 e. The van der Waals surface area contributed by atoms with Crippen LogP contribution in [-0.2, 0) is 14.3 Å². The molecule has 0 aliphatic carbocycles. The van der Waals surface area contributed by atoms with Gasteiger partial charge in [-0.1, -0.05) is 0 Å². The van der Waals surface area contributed by atoms with E-state index in [1.165, 1.54) is 4.98 Å². The maximum Gasteiger partial charge on any atom is 0.410 e. The number of H-pyrrole nitrogens is 1. The zero-order valence-corrected chi connectivity index (χ0v) is 20.6. The second kappa shape index (κ2) is 10.8. The van der Waals surface area contributed by atoms with Crippen LogP contribution in [0.3, 0.4) is 0 Å². The van der Waals surface area contributed by atoms with E-state index < -0.39 is 103 Å². The van der Waals surface area contributed by atoms with Crippen molar-refractivity contribution < 1.29 is 94.7 Å². The Balaban J connectivity index is 2.57. The molecule has 2 rings (SSSR count). The lowest BCUT2D eigenvalue weighted by Crippen LogP contribution is -2.75. The molecule has 0 radical (unpaired) electrons. The van der Waals surface area contributed by atoms with Gasteiger partial charge in [-0.15, -0.1) is 0 Å². The highest BCUT2D eigenvalue weighted by Crippen LogP contribution is 2.63. The van der Waals surface area contributed by atoms with Crippen LogP contribution >= 0.6 is 0 Å². The summed E-state index contributed by atoms with van der Waals surface area (Å²) in [6.07, 6.45) is -9.90. The molecule has 0 amide bonds. The standard InChI is InChI=1S/C19H14F16N2O7/c1-12(20,21)14(24,25)16(28,29)18(32,33)19(34,35)17(30,31)15(26,27)13(22,23)10(41)44-8-7(40)5(4-38)43-9(8)37-3-2-6(39)36-11(37)42/h2-3,5,7-9,38,40H,4H2,1H3,(H,36,39,42)/t5-,7+,8?,9-/m1/s1. The fourth-order valence-electron chi connectivity index (χ4n) is 3.44. The molecule has 25 heteroatoms. The summed E-state index contributed by atoms with van der Waals surface area (Å²) in [5, 5.41) is 19.2. The van der Waals surface area contributed by atoms with Crippen molar-refractivity contribution in [3.63, 3.8) is 0 Å². The highest BCUT2D eigenvalue weighted by molar-refractivity contribution is 5.79. The van der Waals surface area contributed by atoms with Gasteiger partial charge in [0.15, 0.2) is 12.3 Å². The van der Waals surface area contributed by atoms with Crippen molar-refractivity contribution in [1.29, 1.82) is 0 Å². The maximum atomic E-state index is 14.3. The fraction of sp³-hybridized carbons (Fsp3) is 0.737. The molecule has 4 atom stereocenters. The molecule has 1 aromatic rings. The van der Waals surface area contributed by atoms with Gasteiger partial charge in [-0.2, -0.15) is 70.2 Å². The van der Waals surface area contributed by atoms with E-state index in [1.54, 1.807) is 0 Å². The zero-order valence-electron chi connectivity index (χ0n) is 20.6. The Morgan fingerprint density at radius 2 is 1.27 bits per heavy atom. The number of ether oxygens (including phenoxy) is 2. The van der Waals surface area contributed by atoms with Gasteiger partial charge in [0.2, 0.25) is 0 Å². The summed E-state index contributed by atoms with van der Waals surface area (Å²) in [4.78, 5) is 36.5. The molecule has 254 valence electrons. The van der Waals surface area contributed by atoms with E-state index in [-0.39, 0.29) is 4.57 Å². The van der Waals surface area contributed by atoms with E-state index in [0.29, 0.717) is 12.3 Å². The first-order valence-electron chi connectivity index (χ1n) is 10.9. The van der Waals surface area contributed by atoms with E-state index in [1.807, 2.05) is 0 Å². The van der Waals surface area contributed by atoms with Crippen LogP contribution in [0.25, 0.3) is 0 Å². The Kier molecular flexibility index (Phi) is 9.08. The number of hydrogen-bond acceptors (Lipinski definition) is 7. The Morgan fingerprint density at radius 3 is 1.68 bits per heavy atom. The lowest BCUT2D eigenvalue weighted by molar-refractivity contribution is -0.450. The second-order valence-electron chi connectivity index (χ2n) is 9.03. The fourth-order valence-corrected chi connectivity index (χ4v) is 3.44. The van der Waals surface area contributed by atoms with Crippen LogP contribution in [0.5, 0.6) is 0 Å². The van der Waals surface area contributed by atoms with Crippen molar-refractivity contribution in [1.82, 2.24) is 9.55 Å². The number of carbonyl (C=O) groups is 1. The molecule has 1 saturated heterocycles. The number of nitrogens with zero attached hydrogens (tertiary/aromatic N) is 1. The highest BCUT2D eigenvalue weighted by Gasteiger charge is 2.95. The monoisotopic (exact) mass is 686 g/mol. The van der Waals surface area contributed by atoms with Crippen molar-refractivity contribution in [3.8, 4) is 0 Å². The summed E-state index contributed by atoms with van der Waals surface area (Å²) in [5.41, 5.74) is -2.77. The summed E-state index contributed by atoms with van der Waals surface area (Å²) in [7, 11) is 0. The lowest BCUT2D eigenvalue weighted by Gasteiger charge is -2.43. The molecule has 1 aliphatic rings. The first-order chi connectivity index (χ1) is 19.4. The van der Waals surface area contributed by atoms with E-state index in [0.717, 1.165) is 0 Å². The van der Waals surface area contributed by atoms with Crippen LogP contribution in [0, 0.1) is 0 Å². The number of hydrogen-bond donors (Lipinski definition) is 3. The van der Waals surface area contributed by atoms with Crippen LogP contribution in [0.15, 0.2) is 21.9 Å². The van der Waals surface area contributed by atoms with Gasteiger partial charge in [0.25, 0.3) is 5.56 Å². The molecular weight excluding hydrogens is 672 g/mol. The lowest BCUT2D eigenvalue weighted by atomic mass is 9.88. The van der Waals surface area contributed by atoms with E-state index >= 15 is 0 Å². The van der Waals surface area contributed by atoms with E-state index in [4.69, 9.17) is 9.84 Å². The average molecular weight is 686 g/mol. The van der Waals surface area contributed by atoms with Gasteiger partial charge in [-0.3, -0.25) is 14.3 Å². The first kappa shape index (κ1) is 37.1. The van der Waals surface area contributed by atoms with Crippen molar-refractivity contribution in [2.75, 3.05) is 6.61 Å². The molecule has 44 heavy (non-hydrogen) atoms. The number of rotatable bonds is 11. The molecule has 0 bridgehead atoms. The summed E-state index contributed by atoms with van der Waals surface area (Å²) in [6, 6.07) is 0.460. The molecule has 2 heterocycles. The van der Waals surface area contributed by atoms with Crippen LogP contribution in [0.4, 0.5) is 70.2 Å². The maximum absolute atomic E-state index is 14.3. The topological polar surface area (TPSA) is 131 Å². The first-order valence-corrected chi connectivity index (χ1v) is 10.9. The second-order valence-corrected chi connectivity index (χ2v) is 9.03. The number of aliphatic hydroxyl groups is 2. The molecule has 0 saturated carbocycles. The molecule has 3 N–H and O–H groups in total. The molecule has 9 nitrogen and oxygen atoms in total. The highest BCUT2D eigenvalue weighted by atomic mass is 19.4. The van der Waals surface area contributed by atoms with Crippen molar-refractivity contribution in [2.45, 2.75) is 78.8 Å². The molecular formula is C19H14F16N2O7. The van der Waals surface area contributed by atoms with Crippen LogP contribution < -0.4 is 11.2 Å². The predicted molar refractivity (Wildman–Crippen MR) is 103 cm³/mol. The number of esters is 1. The molecule has 1 fully saturated rings. The SMILES string of the molecule is CC(F)(F)C(F)(F)C(F)(F)C(F)(F)C(F)(F)C(F)(F)C(F)(F)C(F)(F)C(=O)OC1[C@@H](O)[C@@H](CO)O[C@H]1n1ccc(=O)[nH]c1=O. The van der Waals surface area contributed by atoms with Crippen molar-refractivity contribution in [3.05, 3.63) is 33.1 Å². The van der Waals surface area contributed by atoms with Crippen molar-refractivity contribution in [2.24, 2.45) is 0 Å². The van der Waals surface area contributed by atoms with E-state index in [9.17, 15) is 89.7 Å². The van der Waals surface area contributed by atoms with Gasteiger partial charge in [-0.25, -0.2) is 9.59 Å². The number of aromatic amines is 1. The zero-order chi connectivity index (χ0) is 34.9. The van der Waals surface area contributed by atoms with Gasteiger partial charge in [0.1, 0.15) is 12.2 Å². The molecule has 1 unspecified atom stereocenters. The number of carbonyl (C=O) groups excluding carboxylic acids is 1. The number of halogens is 16.